The Labute approximate surface area is 168 Å². The number of methoxy groups -OCH3 is 1. The van der Waals surface area contributed by atoms with Gasteiger partial charge in [-0.3, -0.25) is 4.79 Å². The minimum absolute atomic E-state index is 0.0837. The van der Waals surface area contributed by atoms with Gasteiger partial charge in [0, 0.05) is 22.3 Å². The Morgan fingerprint density at radius 3 is 2.88 bits per heavy atom. The van der Waals surface area contributed by atoms with Crippen LogP contribution in [0.4, 0.5) is 0 Å². The molecule has 0 bridgehead atoms. The third kappa shape index (κ3) is 3.39. The van der Waals surface area contributed by atoms with Crippen LogP contribution in [0.2, 0.25) is 5.02 Å². The number of benzene rings is 1. The van der Waals surface area contributed by atoms with Crippen LogP contribution < -0.4 is 4.74 Å². The van der Waals surface area contributed by atoms with Crippen molar-refractivity contribution in [3.8, 4) is 5.88 Å². The highest BCUT2D eigenvalue weighted by molar-refractivity contribution is 8.01. The third-order valence-corrected chi connectivity index (χ3v) is 7.42. The fraction of sp³-hybridized carbons (Fsp3) is 0.474. The second-order valence-corrected chi connectivity index (χ2v) is 9.06. The summed E-state index contributed by atoms with van der Waals surface area (Å²) < 4.78 is 7.12. The normalized spacial score (nSPS) is 16.4. The maximum absolute atomic E-state index is 13.3. The molecule has 2 aromatic rings. The zero-order valence-corrected chi connectivity index (χ0v) is 17.9. The molecule has 3 rings (SSSR count). The van der Waals surface area contributed by atoms with Crippen LogP contribution in [-0.2, 0) is 6.54 Å². The molecule has 0 N–H and O–H groups in total. The number of halogens is 1. The van der Waals surface area contributed by atoms with E-state index in [-0.39, 0.29) is 5.78 Å². The topological polar surface area (TPSA) is 44.1 Å². The molecule has 7 heteroatoms. The largest absolute Gasteiger partial charge is 0.481 e. The number of aryl methyl sites for hydroxylation is 1. The molecular weight excluding hydrogens is 388 g/mol. The molecule has 1 aliphatic heterocycles. The minimum atomic E-state index is -0.0837. The van der Waals surface area contributed by atoms with Gasteiger partial charge in [0.2, 0.25) is 5.88 Å². The lowest BCUT2D eigenvalue weighted by Crippen LogP contribution is -2.13. The summed E-state index contributed by atoms with van der Waals surface area (Å²) in [5.74, 6) is 2.52. The van der Waals surface area contributed by atoms with Crippen molar-refractivity contribution in [2.24, 2.45) is 0 Å². The SMILES string of the molecule is CCSC1CCSc2c(Cl)cc(C(=O)c3cnn(CC)c3OC)c(C)c21. The van der Waals surface area contributed by atoms with Crippen LogP contribution in [0, 0.1) is 6.92 Å². The summed E-state index contributed by atoms with van der Waals surface area (Å²) in [7, 11) is 1.57. The molecular formula is C19H23ClN2O2S2. The molecule has 4 nitrogen and oxygen atoms in total. The van der Waals surface area contributed by atoms with Crippen molar-refractivity contribution in [1.29, 1.82) is 0 Å². The molecule has 0 aliphatic carbocycles. The first-order chi connectivity index (χ1) is 12.5. The predicted octanol–water partition coefficient (Wildman–Crippen LogP) is 5.39. The molecule has 0 radical (unpaired) electrons. The molecule has 0 saturated heterocycles. The van der Waals surface area contributed by atoms with E-state index in [2.05, 4.69) is 12.0 Å². The Bertz CT molecular complexity index is 835. The smallest absolute Gasteiger partial charge is 0.223 e. The van der Waals surface area contributed by atoms with Crippen LogP contribution in [0.15, 0.2) is 17.2 Å². The van der Waals surface area contributed by atoms with E-state index in [1.54, 1.807) is 29.8 Å². The number of thioether (sulfide) groups is 2. The fourth-order valence-electron chi connectivity index (χ4n) is 3.41. The number of ketones is 1. The van der Waals surface area contributed by atoms with Gasteiger partial charge in [0.1, 0.15) is 5.56 Å². The first-order valence-electron chi connectivity index (χ1n) is 8.75. The lowest BCUT2D eigenvalue weighted by atomic mass is 9.94. The van der Waals surface area contributed by atoms with Gasteiger partial charge in [0.15, 0.2) is 5.78 Å². The van der Waals surface area contributed by atoms with Gasteiger partial charge in [-0.25, -0.2) is 4.68 Å². The summed E-state index contributed by atoms with van der Waals surface area (Å²) in [5.41, 5.74) is 3.38. The summed E-state index contributed by atoms with van der Waals surface area (Å²) >= 11 is 10.3. The second kappa shape index (κ2) is 8.28. The quantitative estimate of drug-likeness (QED) is 0.597. The van der Waals surface area contributed by atoms with Crippen molar-refractivity contribution < 1.29 is 9.53 Å². The number of rotatable bonds is 6. The average molecular weight is 411 g/mol. The zero-order valence-electron chi connectivity index (χ0n) is 15.5. The monoisotopic (exact) mass is 410 g/mol. The molecule has 1 unspecified atom stereocenters. The molecule has 0 saturated carbocycles. The van der Waals surface area contributed by atoms with Gasteiger partial charge in [-0.1, -0.05) is 18.5 Å². The summed E-state index contributed by atoms with van der Waals surface area (Å²) in [4.78, 5) is 14.4. The summed E-state index contributed by atoms with van der Waals surface area (Å²) in [6.07, 6.45) is 2.69. The Hall–Kier alpha value is -1.11. The van der Waals surface area contributed by atoms with Crippen LogP contribution in [0.5, 0.6) is 5.88 Å². The standard InChI is InChI=1S/C19H23ClN2O2S2/c1-5-22-19(24-4)13(10-21-22)17(23)12-9-14(20)18-16(11(12)3)15(25-6-2)7-8-26-18/h9-10,15H,5-8H2,1-4H3. The molecule has 0 amide bonds. The lowest BCUT2D eigenvalue weighted by molar-refractivity contribution is 0.103. The van der Waals surface area contributed by atoms with Crippen LogP contribution in [0.3, 0.4) is 0 Å². The van der Waals surface area contributed by atoms with Gasteiger partial charge in [-0.2, -0.15) is 16.9 Å². The van der Waals surface area contributed by atoms with Crippen LogP contribution in [-0.4, -0.2) is 34.2 Å². The molecule has 0 spiro atoms. The van der Waals surface area contributed by atoms with E-state index >= 15 is 0 Å². The predicted molar refractivity (Wildman–Crippen MR) is 110 cm³/mol. The molecule has 140 valence electrons. The molecule has 1 aliphatic rings. The molecule has 1 atom stereocenters. The maximum Gasteiger partial charge on any atom is 0.223 e. The number of aromatic nitrogens is 2. The van der Waals surface area contributed by atoms with Crippen LogP contribution in [0.25, 0.3) is 0 Å². The minimum Gasteiger partial charge on any atom is -0.481 e. The van der Waals surface area contributed by atoms with Gasteiger partial charge in [0.05, 0.1) is 18.3 Å². The van der Waals surface area contributed by atoms with Gasteiger partial charge >= 0.3 is 0 Å². The van der Waals surface area contributed by atoms with E-state index in [1.807, 2.05) is 31.7 Å². The number of ether oxygens (including phenoxy) is 1. The highest BCUT2D eigenvalue weighted by atomic mass is 35.5. The molecule has 26 heavy (non-hydrogen) atoms. The Morgan fingerprint density at radius 1 is 1.46 bits per heavy atom. The van der Waals surface area contributed by atoms with Crippen LogP contribution in [0.1, 0.15) is 52.6 Å². The summed E-state index contributed by atoms with van der Waals surface area (Å²) in [6, 6.07) is 1.81. The highest BCUT2D eigenvalue weighted by Crippen LogP contribution is 2.49. The van der Waals surface area contributed by atoms with E-state index in [9.17, 15) is 4.79 Å². The Balaban J connectivity index is 2.12. The first kappa shape index (κ1) is 19.6. The van der Waals surface area contributed by atoms with Crippen molar-refractivity contribution in [3.63, 3.8) is 0 Å². The number of fused-ring (bicyclic) bond motifs is 1. The van der Waals surface area contributed by atoms with Crippen molar-refractivity contribution in [2.45, 2.75) is 43.9 Å². The Morgan fingerprint density at radius 2 is 2.23 bits per heavy atom. The van der Waals surface area contributed by atoms with Crippen molar-refractivity contribution in [1.82, 2.24) is 9.78 Å². The number of hydrogen-bond donors (Lipinski definition) is 0. The van der Waals surface area contributed by atoms with Crippen molar-refractivity contribution in [3.05, 3.63) is 39.5 Å². The van der Waals surface area contributed by atoms with Crippen molar-refractivity contribution in [2.75, 3.05) is 18.6 Å². The van der Waals surface area contributed by atoms with Gasteiger partial charge < -0.3 is 4.74 Å². The molecule has 1 aromatic heterocycles. The number of hydrogen-bond acceptors (Lipinski definition) is 5. The van der Waals surface area contributed by atoms with Gasteiger partial charge in [-0.15, -0.1) is 11.8 Å². The fourth-order valence-corrected chi connectivity index (χ4v) is 6.36. The highest BCUT2D eigenvalue weighted by Gasteiger charge is 2.29. The zero-order chi connectivity index (χ0) is 18.8. The maximum atomic E-state index is 13.3. The van der Waals surface area contributed by atoms with Gasteiger partial charge in [-0.05, 0) is 49.0 Å². The number of carbonyl (C=O) groups excluding carboxylic acids is 1. The first-order valence-corrected chi connectivity index (χ1v) is 11.2. The number of nitrogens with zero attached hydrogens (tertiary/aromatic N) is 2. The summed E-state index contributed by atoms with van der Waals surface area (Å²) in [5, 5.41) is 5.32. The van der Waals surface area contributed by atoms with Crippen molar-refractivity contribution >= 4 is 40.9 Å². The lowest BCUT2D eigenvalue weighted by Gasteiger charge is -2.28. The second-order valence-electron chi connectivity index (χ2n) is 6.07. The van der Waals surface area contributed by atoms with E-state index in [4.69, 9.17) is 16.3 Å². The van der Waals surface area contributed by atoms with E-state index in [0.717, 1.165) is 28.4 Å². The number of carbonyl (C=O) groups is 1. The molecule has 2 heterocycles. The van der Waals surface area contributed by atoms with E-state index in [1.165, 1.54) is 5.56 Å². The van der Waals surface area contributed by atoms with E-state index < -0.39 is 0 Å². The van der Waals surface area contributed by atoms with Gasteiger partial charge in [0.25, 0.3) is 0 Å². The van der Waals surface area contributed by atoms with E-state index in [0.29, 0.717) is 33.8 Å². The Kier molecular flexibility index (Phi) is 6.25. The molecule has 1 aromatic carbocycles. The third-order valence-electron chi connectivity index (χ3n) is 4.63. The average Bonchev–Trinajstić information content (AvgIpc) is 3.07. The summed E-state index contributed by atoms with van der Waals surface area (Å²) in [6.45, 7) is 6.82. The van der Waals surface area contributed by atoms with Crippen LogP contribution >= 0.6 is 35.1 Å². The molecule has 0 fully saturated rings.